The Balaban J connectivity index is 1.99. The number of hydrogen-bond acceptors (Lipinski definition) is 4. The second kappa shape index (κ2) is 6.88. The highest BCUT2D eigenvalue weighted by Gasteiger charge is 2.03. The second-order valence-electron chi connectivity index (χ2n) is 4.03. The predicted octanol–water partition coefficient (Wildman–Crippen LogP) is 2.92. The van der Waals surface area contributed by atoms with Crippen LogP contribution in [0.15, 0.2) is 42.5 Å². The number of ether oxygens (including phenoxy) is 1. The lowest BCUT2D eigenvalue weighted by Crippen LogP contribution is -1.96. The Kier molecular flexibility index (Phi) is 4.92. The fraction of sp³-hybridized carbons (Fsp3) is 0.133. The molecule has 0 saturated carbocycles. The van der Waals surface area contributed by atoms with Gasteiger partial charge in [-0.2, -0.15) is 0 Å². The van der Waals surface area contributed by atoms with Crippen LogP contribution in [0.3, 0.4) is 0 Å². The zero-order valence-corrected chi connectivity index (χ0v) is 11.5. The van der Waals surface area contributed by atoms with Crippen molar-refractivity contribution in [1.29, 1.82) is 0 Å². The molecule has 0 atom stereocenters. The highest BCUT2D eigenvalue weighted by molar-refractivity contribution is 7.12. The quantitative estimate of drug-likeness (QED) is 0.803. The molecular weight excluding hydrogens is 276 g/mol. The molecule has 1 aromatic carbocycles. The van der Waals surface area contributed by atoms with E-state index in [0.717, 1.165) is 21.4 Å². The van der Waals surface area contributed by atoms with Crippen LogP contribution >= 0.6 is 11.3 Å². The maximum atomic E-state index is 10.4. The zero-order valence-electron chi connectivity index (χ0n) is 10.7. The van der Waals surface area contributed by atoms with E-state index in [1.165, 1.54) is 11.3 Å². The van der Waals surface area contributed by atoms with Crippen LogP contribution in [0.2, 0.25) is 0 Å². The van der Waals surface area contributed by atoms with E-state index in [9.17, 15) is 9.90 Å². The number of carboxylic acid groups (broad SMARTS) is 1. The number of para-hydroxylation sites is 1. The number of aliphatic hydroxyl groups is 1. The molecular formula is C15H14O4S. The van der Waals surface area contributed by atoms with Crippen LogP contribution in [0.1, 0.15) is 15.3 Å². The van der Waals surface area contributed by atoms with Gasteiger partial charge in [-0.05, 0) is 24.3 Å². The Hall–Kier alpha value is -2.11. The third-order valence-corrected chi connectivity index (χ3v) is 3.61. The first-order chi connectivity index (χ1) is 9.69. The fourth-order valence-corrected chi connectivity index (χ4v) is 2.47. The Bertz CT molecular complexity index is 616. The van der Waals surface area contributed by atoms with Gasteiger partial charge in [0, 0.05) is 21.4 Å². The van der Waals surface area contributed by atoms with Gasteiger partial charge in [-0.1, -0.05) is 18.2 Å². The average Bonchev–Trinajstić information content (AvgIpc) is 2.91. The lowest BCUT2D eigenvalue weighted by Gasteiger charge is -2.08. The monoisotopic (exact) mass is 290 g/mol. The first-order valence-corrected chi connectivity index (χ1v) is 6.82. The lowest BCUT2D eigenvalue weighted by molar-refractivity contribution is -0.131. The molecule has 0 aliphatic heterocycles. The van der Waals surface area contributed by atoms with E-state index in [1.807, 2.05) is 36.4 Å². The highest BCUT2D eigenvalue weighted by Crippen LogP contribution is 2.22. The first kappa shape index (κ1) is 14.3. The minimum Gasteiger partial charge on any atom is -0.488 e. The molecule has 1 heterocycles. The van der Waals surface area contributed by atoms with Crippen molar-refractivity contribution in [1.82, 2.24) is 0 Å². The minimum atomic E-state index is -0.965. The van der Waals surface area contributed by atoms with Gasteiger partial charge in [0.05, 0.1) is 6.61 Å². The molecule has 0 bridgehead atoms. The van der Waals surface area contributed by atoms with Gasteiger partial charge >= 0.3 is 5.97 Å². The first-order valence-electron chi connectivity index (χ1n) is 6.00. The van der Waals surface area contributed by atoms with Gasteiger partial charge < -0.3 is 14.9 Å². The molecule has 0 aliphatic rings. The minimum absolute atomic E-state index is 0.0623. The number of carbonyl (C=O) groups is 1. The molecule has 0 saturated heterocycles. The van der Waals surface area contributed by atoms with Gasteiger partial charge in [0.1, 0.15) is 12.4 Å². The van der Waals surface area contributed by atoms with Crippen molar-refractivity contribution in [3.05, 3.63) is 57.8 Å². The molecule has 20 heavy (non-hydrogen) atoms. The van der Waals surface area contributed by atoms with E-state index in [-0.39, 0.29) is 6.61 Å². The van der Waals surface area contributed by atoms with Gasteiger partial charge in [-0.25, -0.2) is 4.79 Å². The summed E-state index contributed by atoms with van der Waals surface area (Å²) in [5.74, 6) is -0.306. The third kappa shape index (κ3) is 3.94. The smallest absolute Gasteiger partial charge is 0.328 e. The Morgan fingerprint density at radius 1 is 1.25 bits per heavy atom. The summed E-state index contributed by atoms with van der Waals surface area (Å²) < 4.78 is 5.66. The molecule has 0 aliphatic carbocycles. The number of benzene rings is 1. The van der Waals surface area contributed by atoms with E-state index < -0.39 is 5.97 Å². The molecule has 0 fully saturated rings. The normalized spacial score (nSPS) is 10.8. The van der Waals surface area contributed by atoms with Crippen molar-refractivity contribution in [3.8, 4) is 5.75 Å². The molecule has 0 radical (unpaired) electrons. The summed E-state index contributed by atoms with van der Waals surface area (Å²) in [6.07, 6.45) is 2.66. The van der Waals surface area contributed by atoms with Crippen LogP contribution in [-0.4, -0.2) is 16.2 Å². The molecule has 5 heteroatoms. The number of aliphatic hydroxyl groups excluding tert-OH is 1. The molecule has 0 unspecified atom stereocenters. The van der Waals surface area contributed by atoms with Crippen LogP contribution < -0.4 is 4.74 Å². The van der Waals surface area contributed by atoms with Crippen molar-refractivity contribution < 1.29 is 19.7 Å². The Morgan fingerprint density at radius 2 is 2.05 bits per heavy atom. The number of hydrogen-bond donors (Lipinski definition) is 2. The molecule has 0 spiro atoms. The third-order valence-electron chi connectivity index (χ3n) is 2.59. The topological polar surface area (TPSA) is 66.8 Å². The van der Waals surface area contributed by atoms with E-state index >= 15 is 0 Å². The van der Waals surface area contributed by atoms with Gasteiger partial charge in [-0.15, -0.1) is 11.3 Å². The molecule has 4 nitrogen and oxygen atoms in total. The van der Waals surface area contributed by atoms with Crippen molar-refractivity contribution in [2.45, 2.75) is 13.2 Å². The summed E-state index contributed by atoms with van der Waals surface area (Å²) in [5, 5.41) is 17.8. The molecule has 0 amide bonds. The van der Waals surface area contributed by atoms with Crippen LogP contribution in [0.4, 0.5) is 0 Å². The molecule has 2 aromatic rings. The lowest BCUT2D eigenvalue weighted by atomic mass is 10.2. The standard InChI is InChI=1S/C15H14O4S/c16-9-11-3-1-2-4-14(11)19-10-13-6-5-12(20-13)7-8-15(17)18/h1-8,16H,9-10H2,(H,17,18). The number of aliphatic carboxylic acids is 1. The number of rotatable bonds is 6. The fourth-order valence-electron chi connectivity index (χ4n) is 1.64. The summed E-state index contributed by atoms with van der Waals surface area (Å²) in [7, 11) is 0. The van der Waals surface area contributed by atoms with Crippen molar-refractivity contribution in [2.75, 3.05) is 0 Å². The van der Waals surface area contributed by atoms with Crippen LogP contribution in [0.5, 0.6) is 5.75 Å². The Morgan fingerprint density at radius 3 is 2.80 bits per heavy atom. The summed E-state index contributed by atoms with van der Waals surface area (Å²) in [4.78, 5) is 12.3. The molecule has 2 N–H and O–H groups in total. The van der Waals surface area contributed by atoms with Crippen LogP contribution in [0, 0.1) is 0 Å². The molecule has 104 valence electrons. The molecule has 2 rings (SSSR count). The van der Waals surface area contributed by atoms with E-state index in [2.05, 4.69) is 0 Å². The van der Waals surface area contributed by atoms with E-state index in [4.69, 9.17) is 9.84 Å². The van der Waals surface area contributed by atoms with Gasteiger partial charge in [0.25, 0.3) is 0 Å². The summed E-state index contributed by atoms with van der Waals surface area (Å²) >= 11 is 1.47. The van der Waals surface area contributed by atoms with Crippen LogP contribution in [-0.2, 0) is 18.0 Å². The maximum Gasteiger partial charge on any atom is 0.328 e. The van der Waals surface area contributed by atoms with Gasteiger partial charge in [-0.3, -0.25) is 0 Å². The SMILES string of the molecule is O=C(O)C=Cc1ccc(COc2ccccc2CO)s1. The molecule has 1 aromatic heterocycles. The van der Waals surface area contributed by atoms with Crippen molar-refractivity contribution in [2.24, 2.45) is 0 Å². The maximum absolute atomic E-state index is 10.4. The summed E-state index contributed by atoms with van der Waals surface area (Å²) in [6, 6.07) is 11.1. The van der Waals surface area contributed by atoms with Crippen LogP contribution in [0.25, 0.3) is 6.08 Å². The zero-order chi connectivity index (χ0) is 14.4. The summed E-state index contributed by atoms with van der Waals surface area (Å²) in [6.45, 7) is 0.329. The highest BCUT2D eigenvalue weighted by atomic mass is 32.1. The number of carboxylic acids is 1. The Labute approximate surface area is 120 Å². The summed E-state index contributed by atoms with van der Waals surface area (Å²) in [5.41, 5.74) is 0.745. The van der Waals surface area contributed by atoms with E-state index in [0.29, 0.717) is 12.4 Å². The predicted molar refractivity (Wildman–Crippen MR) is 77.7 cm³/mol. The number of thiophene rings is 1. The second-order valence-corrected chi connectivity index (χ2v) is 5.23. The van der Waals surface area contributed by atoms with Gasteiger partial charge in [0.15, 0.2) is 0 Å². The van der Waals surface area contributed by atoms with Crippen molar-refractivity contribution in [3.63, 3.8) is 0 Å². The largest absolute Gasteiger partial charge is 0.488 e. The van der Waals surface area contributed by atoms with Crippen molar-refractivity contribution >= 4 is 23.4 Å². The average molecular weight is 290 g/mol. The van der Waals surface area contributed by atoms with Gasteiger partial charge in [0.2, 0.25) is 0 Å². The van der Waals surface area contributed by atoms with E-state index in [1.54, 1.807) is 6.08 Å².